The molecule has 0 unspecified atom stereocenters. The lowest BCUT2D eigenvalue weighted by Crippen LogP contribution is -2.12. The predicted molar refractivity (Wildman–Crippen MR) is 127 cm³/mol. The lowest BCUT2D eigenvalue weighted by molar-refractivity contribution is 0.102. The van der Waals surface area contributed by atoms with Crippen molar-refractivity contribution in [1.29, 1.82) is 0 Å². The van der Waals surface area contributed by atoms with Crippen LogP contribution in [0.2, 0.25) is 0 Å². The van der Waals surface area contributed by atoms with Crippen LogP contribution in [-0.4, -0.2) is 25.4 Å². The van der Waals surface area contributed by atoms with Crippen LogP contribution in [0.25, 0.3) is 32.9 Å². The molecule has 0 spiro atoms. The van der Waals surface area contributed by atoms with Gasteiger partial charge in [0, 0.05) is 46.2 Å². The number of hydrogen-bond acceptors (Lipinski definition) is 6. The highest BCUT2D eigenvalue weighted by atomic mass is 32.1. The Morgan fingerprint density at radius 3 is 2.84 bits per heavy atom. The van der Waals surface area contributed by atoms with E-state index in [1.165, 1.54) is 33.6 Å². The summed E-state index contributed by atoms with van der Waals surface area (Å²) >= 11 is 2.86. The van der Waals surface area contributed by atoms with Gasteiger partial charge in [0.05, 0.1) is 11.4 Å². The predicted octanol–water partition coefficient (Wildman–Crippen LogP) is 5.95. The molecule has 0 radical (unpaired) electrons. The molecule has 4 aromatic heterocycles. The number of aryl methyl sites for hydroxylation is 1. The summed E-state index contributed by atoms with van der Waals surface area (Å²) in [6.45, 7) is 3.06. The molecule has 0 saturated heterocycles. The third-order valence-corrected chi connectivity index (χ3v) is 6.52. The summed E-state index contributed by atoms with van der Waals surface area (Å²) < 4.78 is 2.27. The smallest absolute Gasteiger partial charge is 0.276 e. The van der Waals surface area contributed by atoms with Gasteiger partial charge in [-0.15, -0.1) is 22.7 Å². The van der Waals surface area contributed by atoms with Crippen molar-refractivity contribution in [3.8, 4) is 22.0 Å². The first-order valence-electron chi connectivity index (χ1n) is 9.94. The number of anilines is 1. The fourth-order valence-electron chi connectivity index (χ4n) is 3.49. The van der Waals surface area contributed by atoms with Crippen molar-refractivity contribution >= 4 is 44.6 Å². The lowest BCUT2D eigenvalue weighted by atomic mass is 10.2. The summed E-state index contributed by atoms with van der Waals surface area (Å²) in [5, 5.41) is 9.13. The van der Waals surface area contributed by atoms with E-state index < -0.39 is 0 Å². The second kappa shape index (κ2) is 8.41. The van der Waals surface area contributed by atoms with Gasteiger partial charge in [0.25, 0.3) is 5.91 Å². The number of thiazole rings is 2. The molecule has 0 aliphatic carbocycles. The summed E-state index contributed by atoms with van der Waals surface area (Å²) in [7, 11) is 0. The van der Waals surface area contributed by atoms with Gasteiger partial charge in [-0.25, -0.2) is 9.97 Å². The maximum Gasteiger partial charge on any atom is 0.276 e. The van der Waals surface area contributed by atoms with E-state index in [1.807, 2.05) is 29.6 Å². The number of carbonyl (C=O) groups is 1. The minimum Gasteiger partial charge on any atom is -0.339 e. The average molecular weight is 446 g/mol. The summed E-state index contributed by atoms with van der Waals surface area (Å²) in [4.78, 5) is 26.0. The SMILES string of the molecule is CCCn1c(-c2nc(C(=O)Nc3nc(-c4cccnc4)cs3)cs2)cc2ccccc21. The third kappa shape index (κ3) is 3.87. The van der Waals surface area contributed by atoms with Crippen LogP contribution in [0.5, 0.6) is 0 Å². The number of para-hydroxylation sites is 1. The normalized spacial score (nSPS) is 11.1. The van der Waals surface area contributed by atoms with Gasteiger partial charge in [-0.05, 0) is 30.7 Å². The number of rotatable bonds is 6. The number of benzene rings is 1. The summed E-state index contributed by atoms with van der Waals surface area (Å²) in [5.74, 6) is -0.257. The van der Waals surface area contributed by atoms with Gasteiger partial charge < -0.3 is 4.57 Å². The number of amides is 1. The van der Waals surface area contributed by atoms with Crippen molar-refractivity contribution in [3.63, 3.8) is 0 Å². The minimum atomic E-state index is -0.257. The molecule has 5 rings (SSSR count). The lowest BCUT2D eigenvalue weighted by Gasteiger charge is -2.07. The van der Waals surface area contributed by atoms with Gasteiger partial charge in [-0.3, -0.25) is 15.1 Å². The number of pyridine rings is 1. The van der Waals surface area contributed by atoms with E-state index in [9.17, 15) is 4.79 Å². The third-order valence-electron chi connectivity index (χ3n) is 4.90. The molecule has 1 N–H and O–H groups in total. The molecule has 5 aromatic rings. The second-order valence-corrected chi connectivity index (χ2v) is 8.73. The molecule has 0 atom stereocenters. The van der Waals surface area contributed by atoms with Gasteiger partial charge >= 0.3 is 0 Å². The zero-order chi connectivity index (χ0) is 21.2. The zero-order valence-electron chi connectivity index (χ0n) is 16.8. The van der Waals surface area contributed by atoms with Crippen LogP contribution in [0.15, 0.2) is 65.6 Å². The highest BCUT2D eigenvalue weighted by Crippen LogP contribution is 2.31. The van der Waals surface area contributed by atoms with E-state index in [0.29, 0.717) is 10.8 Å². The summed E-state index contributed by atoms with van der Waals surface area (Å²) in [6, 6.07) is 14.3. The van der Waals surface area contributed by atoms with Gasteiger partial charge in [-0.1, -0.05) is 25.1 Å². The zero-order valence-corrected chi connectivity index (χ0v) is 18.4. The van der Waals surface area contributed by atoms with E-state index in [0.717, 1.165) is 34.9 Å². The molecule has 31 heavy (non-hydrogen) atoms. The molecule has 6 nitrogen and oxygen atoms in total. The van der Waals surface area contributed by atoms with Crippen molar-refractivity contribution in [2.75, 3.05) is 5.32 Å². The van der Waals surface area contributed by atoms with Crippen molar-refractivity contribution in [2.24, 2.45) is 0 Å². The van der Waals surface area contributed by atoms with Crippen molar-refractivity contribution in [1.82, 2.24) is 19.5 Å². The highest BCUT2D eigenvalue weighted by Gasteiger charge is 2.17. The molecule has 0 saturated carbocycles. The van der Waals surface area contributed by atoms with Crippen molar-refractivity contribution < 1.29 is 4.79 Å². The Hall–Kier alpha value is -3.36. The summed E-state index contributed by atoms with van der Waals surface area (Å²) in [5.41, 5.74) is 4.33. The van der Waals surface area contributed by atoms with E-state index >= 15 is 0 Å². The molecule has 4 heterocycles. The van der Waals surface area contributed by atoms with Crippen LogP contribution >= 0.6 is 22.7 Å². The monoisotopic (exact) mass is 445 g/mol. The van der Waals surface area contributed by atoms with Crippen LogP contribution in [0.3, 0.4) is 0 Å². The number of carbonyl (C=O) groups excluding carboxylic acids is 1. The topological polar surface area (TPSA) is 72.7 Å². The van der Waals surface area contributed by atoms with Gasteiger partial charge in [0.2, 0.25) is 0 Å². The molecule has 0 aliphatic rings. The number of aromatic nitrogens is 4. The van der Waals surface area contributed by atoms with E-state index in [2.05, 4.69) is 50.0 Å². The molecular weight excluding hydrogens is 426 g/mol. The number of hydrogen-bond donors (Lipinski definition) is 1. The standard InChI is InChI=1S/C23H19N5OS2/c1-2-10-28-19-8-4-3-6-15(19)11-20(28)22-25-18(14-30-22)21(29)27-23-26-17(13-31-23)16-7-5-9-24-12-16/h3-9,11-14H,2,10H2,1H3,(H,26,27,29). The summed E-state index contributed by atoms with van der Waals surface area (Å²) in [6.07, 6.45) is 4.49. The minimum absolute atomic E-state index is 0.257. The number of fused-ring (bicyclic) bond motifs is 1. The van der Waals surface area contributed by atoms with Crippen molar-refractivity contribution in [3.05, 3.63) is 71.3 Å². The first-order valence-corrected chi connectivity index (χ1v) is 11.7. The Labute approximate surface area is 187 Å². The molecule has 8 heteroatoms. The first-order chi connectivity index (χ1) is 15.2. The maximum absolute atomic E-state index is 12.8. The van der Waals surface area contributed by atoms with Crippen LogP contribution in [0.4, 0.5) is 5.13 Å². The fraction of sp³-hybridized carbons (Fsp3) is 0.130. The van der Waals surface area contributed by atoms with E-state index in [1.54, 1.807) is 17.8 Å². The van der Waals surface area contributed by atoms with Gasteiger partial charge in [0.15, 0.2) is 5.13 Å². The molecule has 1 aromatic carbocycles. The molecule has 0 fully saturated rings. The van der Waals surface area contributed by atoms with Crippen molar-refractivity contribution in [2.45, 2.75) is 19.9 Å². The molecule has 1 amide bonds. The quantitative estimate of drug-likeness (QED) is 0.351. The van der Waals surface area contributed by atoms with Crippen LogP contribution in [0.1, 0.15) is 23.8 Å². The Bertz CT molecular complexity index is 1350. The molecule has 0 aliphatic heterocycles. The van der Waals surface area contributed by atoms with Gasteiger partial charge in [-0.2, -0.15) is 0 Å². The largest absolute Gasteiger partial charge is 0.339 e. The average Bonchev–Trinajstić information content (AvgIpc) is 3.53. The Kier molecular flexibility index (Phi) is 5.31. The number of nitrogens with zero attached hydrogens (tertiary/aromatic N) is 4. The van der Waals surface area contributed by atoms with Crippen LogP contribution < -0.4 is 5.32 Å². The van der Waals surface area contributed by atoms with E-state index in [-0.39, 0.29) is 5.91 Å². The Morgan fingerprint density at radius 1 is 1.10 bits per heavy atom. The molecule has 0 bridgehead atoms. The molecule has 154 valence electrons. The van der Waals surface area contributed by atoms with E-state index in [4.69, 9.17) is 0 Å². The number of nitrogens with one attached hydrogen (secondary N) is 1. The van der Waals surface area contributed by atoms with Crippen LogP contribution in [0, 0.1) is 0 Å². The Balaban J connectivity index is 1.39. The molecular formula is C23H19N5OS2. The fourth-order valence-corrected chi connectivity index (χ4v) is 5.03. The van der Waals surface area contributed by atoms with Crippen LogP contribution in [-0.2, 0) is 6.54 Å². The first kappa shape index (κ1) is 19.6. The van der Waals surface area contributed by atoms with Gasteiger partial charge in [0.1, 0.15) is 10.7 Å². The second-order valence-electron chi connectivity index (χ2n) is 7.01. The highest BCUT2D eigenvalue weighted by molar-refractivity contribution is 7.14. The Morgan fingerprint density at radius 2 is 2.00 bits per heavy atom. The maximum atomic E-state index is 12.8.